The molecule has 1 aromatic rings. The predicted molar refractivity (Wildman–Crippen MR) is 56.8 cm³/mol. The summed E-state index contributed by atoms with van der Waals surface area (Å²) in [5.41, 5.74) is 0. The minimum absolute atomic E-state index is 0.778. The van der Waals surface area contributed by atoms with E-state index in [2.05, 4.69) is 31.3 Å². The van der Waals surface area contributed by atoms with Gasteiger partial charge in [-0.3, -0.25) is 4.99 Å². The van der Waals surface area contributed by atoms with Crippen LogP contribution in [0, 0.1) is 0 Å². The summed E-state index contributed by atoms with van der Waals surface area (Å²) in [7, 11) is 0. The van der Waals surface area contributed by atoms with Crippen molar-refractivity contribution < 1.29 is 9.26 Å². The van der Waals surface area contributed by atoms with Crippen molar-refractivity contribution in [1.82, 2.24) is 10.1 Å². The molecule has 0 saturated carbocycles. The fourth-order valence-electron chi connectivity index (χ4n) is 1.10. The van der Waals surface area contributed by atoms with Gasteiger partial charge in [0.05, 0.1) is 6.54 Å². The third-order valence-corrected chi connectivity index (χ3v) is 1.90. The topological polar surface area (TPSA) is 60.5 Å². The van der Waals surface area contributed by atoms with Gasteiger partial charge in [-0.05, 0) is 6.42 Å². The summed E-state index contributed by atoms with van der Waals surface area (Å²) >= 11 is 0. The van der Waals surface area contributed by atoms with Crippen molar-refractivity contribution in [2.24, 2.45) is 4.99 Å². The summed E-state index contributed by atoms with van der Waals surface area (Å²) in [5.74, 6) is 0.827. The van der Waals surface area contributed by atoms with Gasteiger partial charge in [0.25, 0.3) is 0 Å². The fraction of sp³-hybridized carbons (Fsp3) is 0.700. The van der Waals surface area contributed by atoms with Crippen molar-refractivity contribution in [3.8, 4) is 0 Å². The van der Waals surface area contributed by atoms with Crippen molar-refractivity contribution in [1.29, 1.82) is 0 Å². The number of ether oxygens (including phenoxy) is 1. The van der Waals surface area contributed by atoms with Crippen LogP contribution in [-0.2, 0) is 11.2 Å². The van der Waals surface area contributed by atoms with Crippen LogP contribution < -0.4 is 0 Å². The van der Waals surface area contributed by atoms with Gasteiger partial charge in [-0.2, -0.15) is 4.98 Å². The van der Waals surface area contributed by atoms with E-state index in [4.69, 9.17) is 0 Å². The fourth-order valence-corrected chi connectivity index (χ4v) is 1.10. The minimum Gasteiger partial charge on any atom is -0.482 e. The van der Waals surface area contributed by atoms with Gasteiger partial charge in [-0.1, -0.05) is 24.9 Å². The van der Waals surface area contributed by atoms with Crippen LogP contribution in [0.25, 0.3) is 0 Å². The van der Waals surface area contributed by atoms with E-state index in [-0.39, 0.29) is 0 Å². The molecule has 1 aliphatic rings. The van der Waals surface area contributed by atoms with Gasteiger partial charge < -0.3 is 9.26 Å². The largest absolute Gasteiger partial charge is 0.482 e. The van der Waals surface area contributed by atoms with Crippen molar-refractivity contribution in [3.05, 3.63) is 12.2 Å². The molecule has 84 valence electrons. The van der Waals surface area contributed by atoms with Crippen molar-refractivity contribution in [2.75, 3.05) is 13.2 Å². The van der Waals surface area contributed by atoms with E-state index in [1.807, 2.05) is 0 Å². The van der Waals surface area contributed by atoms with Crippen LogP contribution in [0.2, 0.25) is 0 Å². The summed E-state index contributed by atoms with van der Waals surface area (Å²) in [6, 6.07) is 0. The molecule has 0 aromatic carbocycles. The number of aryl methyl sites for hydroxylation is 1. The standard InChI is InChI=1S/C7H12N2O.C3H5NO/c1-2-3-4-5-7-8-6-10-9-7;1-2-5-3-4-1/h6H,2-5H2,1H3;3H,1-2H2. The molecule has 0 radical (unpaired) electrons. The molecule has 0 fully saturated rings. The minimum atomic E-state index is 0.778. The molecule has 2 heterocycles. The molecule has 5 heteroatoms. The van der Waals surface area contributed by atoms with Crippen molar-refractivity contribution in [3.63, 3.8) is 0 Å². The van der Waals surface area contributed by atoms with Crippen molar-refractivity contribution >= 4 is 6.40 Å². The number of hydrogen-bond acceptors (Lipinski definition) is 5. The third kappa shape index (κ3) is 5.83. The monoisotopic (exact) mass is 211 g/mol. The Bertz CT molecular complexity index is 254. The third-order valence-electron chi connectivity index (χ3n) is 1.90. The van der Waals surface area contributed by atoms with Crippen LogP contribution in [0.1, 0.15) is 32.0 Å². The molecule has 0 atom stereocenters. The maximum atomic E-state index is 4.65. The number of hydrogen-bond donors (Lipinski definition) is 0. The van der Waals surface area contributed by atoms with Crippen LogP contribution in [-0.4, -0.2) is 29.7 Å². The molecule has 0 unspecified atom stereocenters. The van der Waals surface area contributed by atoms with Gasteiger partial charge in [0.1, 0.15) is 6.61 Å². The lowest BCUT2D eigenvalue weighted by Crippen LogP contribution is -1.86. The predicted octanol–water partition coefficient (Wildman–Crippen LogP) is 1.85. The van der Waals surface area contributed by atoms with Gasteiger partial charge in [0, 0.05) is 6.42 Å². The zero-order chi connectivity index (χ0) is 10.8. The highest BCUT2D eigenvalue weighted by Gasteiger charge is 1.95. The first-order chi connectivity index (χ1) is 7.43. The zero-order valence-electron chi connectivity index (χ0n) is 9.06. The average Bonchev–Trinajstić information content (AvgIpc) is 2.94. The molecule has 1 aliphatic heterocycles. The van der Waals surface area contributed by atoms with Crippen LogP contribution in [0.5, 0.6) is 0 Å². The first-order valence-electron chi connectivity index (χ1n) is 5.28. The summed E-state index contributed by atoms with van der Waals surface area (Å²) < 4.78 is 9.24. The van der Waals surface area contributed by atoms with Crippen LogP contribution in [0.3, 0.4) is 0 Å². The molecule has 0 bridgehead atoms. The van der Waals surface area contributed by atoms with Crippen LogP contribution in [0.4, 0.5) is 0 Å². The quantitative estimate of drug-likeness (QED) is 0.713. The van der Waals surface area contributed by atoms with E-state index in [9.17, 15) is 0 Å². The number of aromatic nitrogens is 2. The van der Waals surface area contributed by atoms with E-state index in [0.717, 1.165) is 31.8 Å². The second-order valence-corrected chi connectivity index (χ2v) is 3.19. The normalized spacial score (nSPS) is 13.1. The van der Waals surface area contributed by atoms with E-state index in [1.165, 1.54) is 25.6 Å². The second kappa shape index (κ2) is 7.96. The summed E-state index contributed by atoms with van der Waals surface area (Å²) in [6.45, 7) is 3.80. The Morgan fingerprint density at radius 3 is 2.80 bits per heavy atom. The lowest BCUT2D eigenvalue weighted by atomic mass is 10.2. The highest BCUT2D eigenvalue weighted by molar-refractivity contribution is 5.47. The molecular formula is C10H17N3O2. The maximum absolute atomic E-state index is 4.65. The van der Waals surface area contributed by atoms with E-state index >= 15 is 0 Å². The van der Waals surface area contributed by atoms with Gasteiger partial charge in [-0.15, -0.1) is 0 Å². The Hall–Kier alpha value is -1.39. The maximum Gasteiger partial charge on any atom is 0.213 e. The lowest BCUT2D eigenvalue weighted by molar-refractivity contribution is 0.361. The second-order valence-electron chi connectivity index (χ2n) is 3.19. The molecule has 0 saturated heterocycles. The van der Waals surface area contributed by atoms with E-state index in [1.54, 1.807) is 0 Å². The lowest BCUT2D eigenvalue weighted by Gasteiger charge is -1.90. The molecule has 0 aliphatic carbocycles. The van der Waals surface area contributed by atoms with Gasteiger partial charge in [0.15, 0.2) is 12.2 Å². The smallest absolute Gasteiger partial charge is 0.213 e. The Labute approximate surface area is 89.5 Å². The zero-order valence-corrected chi connectivity index (χ0v) is 9.06. The first kappa shape index (κ1) is 11.7. The number of unbranched alkanes of at least 4 members (excludes halogenated alkanes) is 2. The van der Waals surface area contributed by atoms with Crippen molar-refractivity contribution in [2.45, 2.75) is 32.6 Å². The molecule has 15 heavy (non-hydrogen) atoms. The number of rotatable bonds is 4. The number of aliphatic imine (C=N–C) groups is 1. The SMILES string of the molecule is C1=NCCO1.CCCCCc1ncon1. The highest BCUT2D eigenvalue weighted by Crippen LogP contribution is 2.00. The number of nitrogens with zero attached hydrogens (tertiary/aromatic N) is 3. The molecule has 2 rings (SSSR count). The van der Waals surface area contributed by atoms with Gasteiger partial charge in [0.2, 0.25) is 6.39 Å². The average molecular weight is 211 g/mol. The molecule has 0 spiro atoms. The van der Waals surface area contributed by atoms with Crippen LogP contribution >= 0.6 is 0 Å². The Kier molecular flexibility index (Phi) is 6.20. The molecular weight excluding hydrogens is 194 g/mol. The Balaban J connectivity index is 0.000000187. The first-order valence-corrected chi connectivity index (χ1v) is 5.28. The Morgan fingerprint density at radius 1 is 1.40 bits per heavy atom. The van der Waals surface area contributed by atoms with Gasteiger partial charge >= 0.3 is 0 Å². The molecule has 0 amide bonds. The summed E-state index contributed by atoms with van der Waals surface area (Å²) in [4.78, 5) is 7.65. The van der Waals surface area contributed by atoms with Gasteiger partial charge in [-0.25, -0.2) is 0 Å². The Morgan fingerprint density at radius 2 is 2.33 bits per heavy atom. The molecule has 5 nitrogen and oxygen atoms in total. The molecule has 1 aromatic heterocycles. The van der Waals surface area contributed by atoms with E-state index in [0.29, 0.717) is 0 Å². The van der Waals surface area contributed by atoms with E-state index < -0.39 is 0 Å². The van der Waals surface area contributed by atoms with Crippen LogP contribution in [0.15, 0.2) is 15.9 Å². The summed E-state index contributed by atoms with van der Waals surface area (Å²) in [6.07, 6.45) is 7.45. The molecule has 0 N–H and O–H groups in total. The highest BCUT2D eigenvalue weighted by atomic mass is 16.5. The summed E-state index contributed by atoms with van der Waals surface area (Å²) in [5, 5.41) is 3.70.